The standard InChI is InChI=1S/C20H23FN10O8P2S2/c21-11-15-10(37-20(11)31-7-29-13-17(23)25-5-27-19(13)31)3-36-40(32,42)38-14-8(1-34-9(14)2-35-41(33,43)39-15)30-6-28-12-16(22)24-4-26-18(12)30/h4-11,14-15,20H,1-3H2,(H,32,42)(H,33,43)(H2,22,24,26)(H2,23,25,27)/t8-,9-,10-,11-,14+,15-,20-,40?,41?/m1/s1. The fourth-order valence-electron chi connectivity index (χ4n) is 5.23. The van der Waals surface area contributed by atoms with Gasteiger partial charge in [-0.1, -0.05) is 12.2 Å². The topological polar surface area (TPSA) is 232 Å². The second kappa shape index (κ2) is 10.9. The Hall–Kier alpha value is -2.42. The molecule has 5 N–H and O–H groups in total. The maximum atomic E-state index is 16.0. The van der Waals surface area contributed by atoms with E-state index in [1.807, 2.05) is 0 Å². The Kier molecular flexibility index (Phi) is 7.41. The smallest absolute Gasteiger partial charge is 0.382 e. The lowest BCUT2D eigenvalue weighted by Crippen LogP contribution is -2.37. The number of hydrogen-bond acceptors (Lipinski definition) is 16. The van der Waals surface area contributed by atoms with Crippen LogP contribution in [0.25, 0.3) is 22.3 Å². The molecule has 2 unspecified atom stereocenters. The van der Waals surface area contributed by atoms with Crippen molar-refractivity contribution in [2.45, 2.75) is 42.9 Å². The molecule has 7 heterocycles. The molecule has 18 nitrogen and oxygen atoms in total. The lowest BCUT2D eigenvalue weighted by atomic mass is 10.1. The summed E-state index contributed by atoms with van der Waals surface area (Å²) in [6, 6.07) is -0.656. The lowest BCUT2D eigenvalue weighted by molar-refractivity contribution is -0.0483. The third kappa shape index (κ3) is 5.31. The van der Waals surface area contributed by atoms with Crippen LogP contribution < -0.4 is 11.5 Å². The van der Waals surface area contributed by atoms with Gasteiger partial charge in [-0.3, -0.25) is 18.1 Å². The number of aromatic nitrogens is 8. The zero-order chi connectivity index (χ0) is 30.1. The fourth-order valence-corrected chi connectivity index (χ4v) is 8.17. The maximum absolute atomic E-state index is 16.0. The van der Waals surface area contributed by atoms with Crippen LogP contribution in [0, 0.1) is 0 Å². The monoisotopic (exact) mass is 676 g/mol. The molecule has 43 heavy (non-hydrogen) atoms. The van der Waals surface area contributed by atoms with E-state index in [9.17, 15) is 9.46 Å². The highest BCUT2D eigenvalue weighted by Gasteiger charge is 2.52. The molecule has 23 heteroatoms. The Morgan fingerprint density at radius 3 is 2.23 bits per heavy atom. The number of fused-ring (bicyclic) bond motifs is 4. The molecule has 4 aromatic heterocycles. The molecule has 3 saturated heterocycles. The molecule has 7 rings (SSSR count). The van der Waals surface area contributed by atoms with Crippen molar-refractivity contribution in [2.75, 3.05) is 31.3 Å². The molecule has 4 aromatic rings. The summed E-state index contributed by atoms with van der Waals surface area (Å²) in [5, 5.41) is 0. The largest absolute Gasteiger partial charge is 0.386 e. The second-order valence-corrected chi connectivity index (χ2v) is 15.4. The predicted octanol–water partition coefficient (Wildman–Crippen LogP) is 1.08. The predicted molar refractivity (Wildman–Crippen MR) is 152 cm³/mol. The number of halogens is 1. The molecule has 0 bridgehead atoms. The van der Waals surface area contributed by atoms with E-state index in [-0.39, 0.29) is 36.0 Å². The molecule has 0 saturated carbocycles. The van der Waals surface area contributed by atoms with Gasteiger partial charge in [-0.2, -0.15) is 0 Å². The van der Waals surface area contributed by atoms with Gasteiger partial charge in [0.15, 0.2) is 35.3 Å². The molecule has 3 fully saturated rings. The third-order valence-electron chi connectivity index (χ3n) is 7.21. The van der Waals surface area contributed by atoms with Gasteiger partial charge in [0.25, 0.3) is 0 Å². The second-order valence-electron chi connectivity index (χ2n) is 9.78. The van der Waals surface area contributed by atoms with Crippen LogP contribution >= 0.6 is 25.8 Å². The molecule has 3 aliphatic rings. The number of nitrogen functional groups attached to an aromatic ring is 2. The zero-order valence-electron chi connectivity index (χ0n) is 21.6. The highest BCUT2D eigenvalue weighted by atomic mass is 32.7. The summed E-state index contributed by atoms with van der Waals surface area (Å²) in [6.07, 6.45) is -2.81. The minimum Gasteiger partial charge on any atom is -0.382 e. The van der Waals surface area contributed by atoms with Crippen molar-refractivity contribution in [3.05, 3.63) is 25.3 Å². The summed E-state index contributed by atoms with van der Waals surface area (Å²) in [6.45, 7) is -9.13. The number of imidazole rings is 2. The van der Waals surface area contributed by atoms with E-state index in [1.165, 1.54) is 29.9 Å². The van der Waals surface area contributed by atoms with E-state index in [4.69, 9.17) is 50.8 Å². The highest BCUT2D eigenvalue weighted by Crippen LogP contribution is 2.58. The molecule has 0 radical (unpaired) electrons. The number of nitrogens with zero attached hydrogens (tertiary/aromatic N) is 8. The Morgan fingerprint density at radius 2 is 1.53 bits per heavy atom. The van der Waals surface area contributed by atoms with Crippen molar-refractivity contribution < 1.29 is 41.4 Å². The van der Waals surface area contributed by atoms with Crippen molar-refractivity contribution in [1.29, 1.82) is 0 Å². The van der Waals surface area contributed by atoms with Crippen LogP contribution in [0.4, 0.5) is 16.0 Å². The number of rotatable bonds is 2. The van der Waals surface area contributed by atoms with E-state index in [2.05, 4.69) is 42.2 Å². The minimum absolute atomic E-state index is 0.0343. The molecule has 0 aromatic carbocycles. The number of hydrogen-bond donors (Lipinski definition) is 4. The van der Waals surface area contributed by atoms with Gasteiger partial charge < -0.3 is 34.9 Å². The van der Waals surface area contributed by atoms with Crippen LogP contribution in [0.3, 0.4) is 0 Å². The Labute approximate surface area is 251 Å². The molecular weight excluding hydrogens is 653 g/mol. The summed E-state index contributed by atoms with van der Waals surface area (Å²) in [4.78, 5) is 35.5. The molecule has 0 spiro atoms. The van der Waals surface area contributed by atoms with Crippen LogP contribution in [0.2, 0.25) is 0 Å². The van der Waals surface area contributed by atoms with Crippen LogP contribution in [-0.2, 0) is 43.9 Å². The first-order valence-corrected chi connectivity index (χ1v) is 17.9. The van der Waals surface area contributed by atoms with Crippen molar-refractivity contribution in [3.8, 4) is 0 Å². The minimum atomic E-state index is -4.17. The van der Waals surface area contributed by atoms with Gasteiger partial charge in [-0.15, -0.1) is 0 Å². The number of anilines is 2. The quantitative estimate of drug-likeness (QED) is 0.172. The average Bonchev–Trinajstić information content (AvgIpc) is 3.72. The van der Waals surface area contributed by atoms with Gasteiger partial charge in [0.1, 0.15) is 48.1 Å². The van der Waals surface area contributed by atoms with E-state index >= 15 is 4.39 Å². The summed E-state index contributed by atoms with van der Waals surface area (Å²) >= 11 is 9.38. The maximum Gasteiger partial charge on any atom is 0.386 e. The first kappa shape index (κ1) is 29.3. The number of alkyl halides is 1. The van der Waals surface area contributed by atoms with Crippen molar-refractivity contribution >= 4 is 71.5 Å². The first-order chi connectivity index (χ1) is 20.5. The average molecular weight is 677 g/mol. The summed E-state index contributed by atoms with van der Waals surface area (Å²) < 4.78 is 66.9. The van der Waals surface area contributed by atoms with E-state index in [1.54, 1.807) is 4.57 Å². The van der Waals surface area contributed by atoms with Gasteiger partial charge in [0.05, 0.1) is 38.5 Å². The van der Waals surface area contributed by atoms with Gasteiger partial charge >= 0.3 is 13.5 Å². The van der Waals surface area contributed by atoms with Crippen molar-refractivity contribution in [3.63, 3.8) is 0 Å². The summed E-state index contributed by atoms with van der Waals surface area (Å²) in [7, 11) is 0. The van der Waals surface area contributed by atoms with Crippen LogP contribution in [-0.4, -0.2) is 94.3 Å². The molecule has 9 atom stereocenters. The van der Waals surface area contributed by atoms with Gasteiger partial charge in [0.2, 0.25) is 0 Å². The molecular formula is C20H23FN10O8P2S2. The zero-order valence-corrected chi connectivity index (χ0v) is 25.1. The van der Waals surface area contributed by atoms with E-state index in [0.29, 0.717) is 11.2 Å². The highest BCUT2D eigenvalue weighted by molar-refractivity contribution is 8.44. The van der Waals surface area contributed by atoms with Gasteiger partial charge in [-0.25, -0.2) is 38.9 Å². The molecule has 0 amide bonds. The van der Waals surface area contributed by atoms with Gasteiger partial charge in [-0.05, 0) is 11.8 Å². The normalized spacial score (nSPS) is 37.1. The third-order valence-corrected chi connectivity index (χ3v) is 10.4. The van der Waals surface area contributed by atoms with Gasteiger partial charge in [0, 0.05) is 0 Å². The first-order valence-electron chi connectivity index (χ1n) is 12.6. The van der Waals surface area contributed by atoms with Crippen LogP contribution in [0.15, 0.2) is 25.3 Å². The molecule has 3 aliphatic heterocycles. The SMILES string of the molecule is Nc1ncnc2c1ncn2[C@@H]1CO[C@@H]2COP(O)(=S)O[C@H]3[C@@H](F)[C@H](n4cnc5c(N)ncnc54)O[C@@H]3COP(=O)(S)O[C@@H]12. The molecule has 0 aliphatic carbocycles. The van der Waals surface area contributed by atoms with Crippen LogP contribution in [0.1, 0.15) is 12.3 Å². The van der Waals surface area contributed by atoms with E-state index in [0.717, 1.165) is 0 Å². The fraction of sp³-hybridized carbons (Fsp3) is 0.500. The Bertz CT molecular complexity index is 1800. The van der Waals surface area contributed by atoms with Crippen molar-refractivity contribution in [1.82, 2.24) is 39.0 Å². The van der Waals surface area contributed by atoms with E-state index < -0.39 is 63.0 Å². The lowest BCUT2D eigenvalue weighted by Gasteiger charge is -2.30. The number of nitrogens with two attached hydrogens (primary N) is 2. The Balaban J connectivity index is 1.18. The number of thiol groups is 1. The summed E-state index contributed by atoms with van der Waals surface area (Å²) in [5.74, 6) is 0.250. The van der Waals surface area contributed by atoms with Crippen LogP contribution in [0.5, 0.6) is 0 Å². The summed E-state index contributed by atoms with van der Waals surface area (Å²) in [5.41, 5.74) is 12.9. The number of ether oxygens (including phenoxy) is 2. The Morgan fingerprint density at radius 1 is 0.907 bits per heavy atom. The molecule has 230 valence electrons. The van der Waals surface area contributed by atoms with Crippen molar-refractivity contribution in [2.24, 2.45) is 0 Å².